The van der Waals surface area contributed by atoms with Crippen LogP contribution >= 0.6 is 0 Å². The van der Waals surface area contributed by atoms with Crippen molar-refractivity contribution >= 4 is 23.9 Å². The standard InChI is InChI=1S/2C7H7.Sn/c2*1-7-5-3-2-4-6-7;/h2*2-6H,1H2;/q2*-1;+4. The Balaban J connectivity index is 0.000000245. The fourth-order valence-corrected chi connectivity index (χ4v) is 0.956. The number of hydrogen-bond donors (Lipinski definition) is 0. The van der Waals surface area contributed by atoms with Crippen LogP contribution in [0.3, 0.4) is 0 Å². The Morgan fingerprint density at radius 3 is 0.933 bits per heavy atom. The first-order chi connectivity index (χ1) is 6.79. The quantitative estimate of drug-likeness (QED) is 0.517. The van der Waals surface area contributed by atoms with E-state index in [0.717, 1.165) is 11.1 Å². The molecule has 2 aromatic carbocycles. The van der Waals surface area contributed by atoms with Crippen LogP contribution in [0.25, 0.3) is 0 Å². The predicted molar refractivity (Wildman–Crippen MR) is 67.6 cm³/mol. The summed E-state index contributed by atoms with van der Waals surface area (Å²) in [4.78, 5) is 0. The molecule has 0 aromatic heterocycles. The summed E-state index contributed by atoms with van der Waals surface area (Å²) in [7, 11) is 0. The Hall–Kier alpha value is -1.02. The first kappa shape index (κ1) is 14.0. The molecule has 0 heterocycles. The summed E-state index contributed by atoms with van der Waals surface area (Å²) in [6.45, 7) is 7.44. The minimum Gasteiger partial charge on any atom is -0.199 e. The van der Waals surface area contributed by atoms with E-state index in [1.54, 1.807) is 0 Å². The van der Waals surface area contributed by atoms with E-state index < -0.39 is 0 Å². The van der Waals surface area contributed by atoms with Gasteiger partial charge in [0.15, 0.2) is 0 Å². The average molecular weight is 301 g/mol. The first-order valence-corrected chi connectivity index (χ1v) is 4.53. The zero-order chi connectivity index (χ0) is 10.2. The van der Waals surface area contributed by atoms with Gasteiger partial charge in [0.25, 0.3) is 0 Å². The van der Waals surface area contributed by atoms with Gasteiger partial charge in [-0.2, -0.15) is 49.2 Å². The number of benzene rings is 2. The van der Waals surface area contributed by atoms with E-state index in [1.807, 2.05) is 60.7 Å². The van der Waals surface area contributed by atoms with Crippen molar-refractivity contribution in [2.24, 2.45) is 0 Å². The topological polar surface area (TPSA) is 0 Å². The van der Waals surface area contributed by atoms with Crippen LogP contribution in [0.15, 0.2) is 60.7 Å². The third-order valence-corrected chi connectivity index (χ3v) is 1.69. The molecule has 0 aliphatic carbocycles. The van der Waals surface area contributed by atoms with Crippen LogP contribution in [0.4, 0.5) is 0 Å². The summed E-state index contributed by atoms with van der Waals surface area (Å²) in [5.41, 5.74) is 2.14. The van der Waals surface area contributed by atoms with Gasteiger partial charge in [0.1, 0.15) is 0 Å². The van der Waals surface area contributed by atoms with E-state index in [4.69, 9.17) is 0 Å². The summed E-state index contributed by atoms with van der Waals surface area (Å²) in [5, 5.41) is 0. The molecule has 0 saturated carbocycles. The fraction of sp³-hybridized carbons (Fsp3) is 0. The smallest absolute Gasteiger partial charge is 0.199 e. The molecule has 0 atom stereocenters. The van der Waals surface area contributed by atoms with Crippen molar-refractivity contribution in [3.05, 3.63) is 85.6 Å². The molecule has 0 bridgehead atoms. The first-order valence-electron chi connectivity index (χ1n) is 4.53. The maximum atomic E-state index is 3.72. The molecule has 0 spiro atoms. The van der Waals surface area contributed by atoms with Crippen molar-refractivity contribution in [3.8, 4) is 0 Å². The summed E-state index contributed by atoms with van der Waals surface area (Å²) in [6.07, 6.45) is 0. The van der Waals surface area contributed by atoms with Crippen LogP contribution in [0.2, 0.25) is 0 Å². The molecule has 0 radical (unpaired) electrons. The molecule has 0 fully saturated rings. The molecular weight excluding hydrogens is 287 g/mol. The van der Waals surface area contributed by atoms with E-state index in [1.165, 1.54) is 0 Å². The zero-order valence-electron chi connectivity index (χ0n) is 8.69. The molecule has 0 nitrogen and oxygen atoms in total. The average Bonchev–Trinajstić information content (AvgIpc) is 2.21. The van der Waals surface area contributed by atoms with Crippen molar-refractivity contribution in [1.29, 1.82) is 0 Å². The Bertz CT molecular complexity index is 303. The van der Waals surface area contributed by atoms with E-state index in [-0.39, 0.29) is 23.9 Å². The molecule has 0 amide bonds. The van der Waals surface area contributed by atoms with Gasteiger partial charge < -0.3 is 0 Å². The third kappa shape index (κ3) is 6.97. The minimum atomic E-state index is 0. The molecular formula is C14H14Sn+2. The van der Waals surface area contributed by atoms with Gasteiger partial charge in [-0.05, 0) is 0 Å². The third-order valence-electron chi connectivity index (χ3n) is 1.69. The molecule has 0 unspecified atom stereocenters. The maximum absolute atomic E-state index is 3.72. The molecule has 2 rings (SSSR count). The normalized spacial score (nSPS) is 8.00. The molecule has 1 heteroatoms. The summed E-state index contributed by atoms with van der Waals surface area (Å²) in [5.74, 6) is 0. The van der Waals surface area contributed by atoms with Crippen LogP contribution in [-0.2, 0) is 0 Å². The number of rotatable bonds is 0. The van der Waals surface area contributed by atoms with Crippen LogP contribution in [0.1, 0.15) is 11.1 Å². The monoisotopic (exact) mass is 302 g/mol. The van der Waals surface area contributed by atoms with Gasteiger partial charge >= 0.3 is 23.9 Å². The van der Waals surface area contributed by atoms with Crippen LogP contribution < -0.4 is 0 Å². The van der Waals surface area contributed by atoms with Crippen LogP contribution in [-0.4, -0.2) is 23.9 Å². The second-order valence-corrected chi connectivity index (χ2v) is 2.97. The number of hydrogen-bond acceptors (Lipinski definition) is 0. The summed E-state index contributed by atoms with van der Waals surface area (Å²) < 4.78 is 0. The van der Waals surface area contributed by atoms with E-state index in [2.05, 4.69) is 13.8 Å². The van der Waals surface area contributed by atoms with E-state index in [9.17, 15) is 0 Å². The van der Waals surface area contributed by atoms with Crippen LogP contribution in [0, 0.1) is 13.8 Å². The van der Waals surface area contributed by atoms with Gasteiger partial charge in [-0.3, -0.25) is 0 Å². The predicted octanol–water partition coefficient (Wildman–Crippen LogP) is 3.36. The fourth-order valence-electron chi connectivity index (χ4n) is 0.956. The Labute approximate surface area is 109 Å². The van der Waals surface area contributed by atoms with Crippen LogP contribution in [0.5, 0.6) is 0 Å². The summed E-state index contributed by atoms with van der Waals surface area (Å²) in [6, 6.07) is 19.7. The second-order valence-electron chi connectivity index (χ2n) is 2.97. The maximum Gasteiger partial charge on any atom is 4.00 e. The zero-order valence-corrected chi connectivity index (χ0v) is 11.5. The van der Waals surface area contributed by atoms with Crippen molar-refractivity contribution in [2.75, 3.05) is 0 Å². The summed E-state index contributed by atoms with van der Waals surface area (Å²) >= 11 is 0. The van der Waals surface area contributed by atoms with Gasteiger partial charge in [-0.1, -0.05) is 12.1 Å². The van der Waals surface area contributed by atoms with Gasteiger partial charge in [-0.25, -0.2) is 0 Å². The van der Waals surface area contributed by atoms with Crippen molar-refractivity contribution in [1.82, 2.24) is 0 Å². The van der Waals surface area contributed by atoms with Gasteiger partial charge in [0, 0.05) is 0 Å². The van der Waals surface area contributed by atoms with Crippen molar-refractivity contribution in [2.45, 2.75) is 0 Å². The molecule has 72 valence electrons. The van der Waals surface area contributed by atoms with E-state index >= 15 is 0 Å². The molecule has 0 aliphatic heterocycles. The van der Waals surface area contributed by atoms with E-state index in [0.29, 0.717) is 0 Å². The molecule has 0 N–H and O–H groups in total. The Morgan fingerprint density at radius 2 is 0.800 bits per heavy atom. The van der Waals surface area contributed by atoms with Crippen molar-refractivity contribution in [3.63, 3.8) is 0 Å². The minimum absolute atomic E-state index is 0. The Kier molecular flexibility index (Phi) is 7.74. The molecule has 15 heavy (non-hydrogen) atoms. The molecule has 0 saturated heterocycles. The van der Waals surface area contributed by atoms with Gasteiger partial charge in [0.05, 0.1) is 0 Å². The molecule has 2 aromatic rings. The largest absolute Gasteiger partial charge is 4.00 e. The molecule has 0 aliphatic rings. The SMILES string of the molecule is [CH2-]c1ccccc1.[CH2-]c1ccccc1.[Sn+4]. The van der Waals surface area contributed by atoms with Gasteiger partial charge in [0.2, 0.25) is 0 Å². The van der Waals surface area contributed by atoms with Gasteiger partial charge in [-0.15, -0.1) is 24.3 Å². The second kappa shape index (κ2) is 8.30. The Morgan fingerprint density at radius 1 is 0.533 bits per heavy atom. The van der Waals surface area contributed by atoms with Crippen molar-refractivity contribution < 1.29 is 0 Å².